The number of hydrogen-bond donors (Lipinski definition) is 2. The number of benzene rings is 1. The van der Waals surface area contributed by atoms with Crippen molar-refractivity contribution in [2.45, 2.75) is 6.42 Å². The molecule has 1 aliphatic heterocycles. The third-order valence-electron chi connectivity index (χ3n) is 2.80. The summed E-state index contributed by atoms with van der Waals surface area (Å²) in [7, 11) is -2.00. The van der Waals surface area contributed by atoms with Gasteiger partial charge in [-0.05, 0) is 25.1 Å². The number of aryl methyl sites for hydroxylation is 1. The van der Waals surface area contributed by atoms with Crippen LogP contribution in [0.25, 0.3) is 0 Å². The zero-order chi connectivity index (χ0) is 13.3. The molecule has 18 heavy (non-hydrogen) atoms. The summed E-state index contributed by atoms with van der Waals surface area (Å²) in [6, 6.07) is 4.84. The molecule has 0 bridgehead atoms. The van der Waals surface area contributed by atoms with Crippen LogP contribution in [0.4, 0.5) is 0 Å². The first kappa shape index (κ1) is 12.7. The largest absolute Gasteiger partial charge is 0.288 e. The highest BCUT2D eigenvalue weighted by molar-refractivity contribution is 7.89. The summed E-state index contributed by atoms with van der Waals surface area (Å²) >= 11 is 0. The fourth-order valence-corrected chi connectivity index (χ4v) is 2.54. The van der Waals surface area contributed by atoms with Gasteiger partial charge in [0.25, 0.3) is 11.8 Å². The van der Waals surface area contributed by atoms with E-state index in [-0.39, 0.29) is 17.7 Å². The minimum Gasteiger partial charge on any atom is -0.288 e. The Morgan fingerprint density at radius 1 is 1.22 bits per heavy atom. The first-order chi connectivity index (χ1) is 8.44. The third kappa shape index (κ3) is 2.27. The van der Waals surface area contributed by atoms with Crippen molar-refractivity contribution in [3.8, 4) is 0 Å². The van der Waals surface area contributed by atoms with E-state index in [2.05, 4.69) is 10.0 Å². The van der Waals surface area contributed by atoms with Crippen LogP contribution in [-0.4, -0.2) is 33.0 Å². The lowest BCUT2D eigenvalue weighted by Crippen LogP contribution is -2.24. The molecule has 0 saturated carbocycles. The van der Waals surface area contributed by atoms with Crippen molar-refractivity contribution in [3.05, 3.63) is 34.9 Å². The second kappa shape index (κ2) is 4.51. The van der Waals surface area contributed by atoms with Crippen LogP contribution in [0.15, 0.2) is 18.2 Å². The van der Waals surface area contributed by atoms with Gasteiger partial charge in [-0.3, -0.25) is 14.9 Å². The number of sulfonamides is 1. The number of fused-ring (bicyclic) bond motifs is 1. The molecule has 0 fully saturated rings. The van der Waals surface area contributed by atoms with Crippen molar-refractivity contribution in [3.63, 3.8) is 0 Å². The van der Waals surface area contributed by atoms with Crippen LogP contribution in [0.5, 0.6) is 0 Å². The molecule has 0 saturated heterocycles. The van der Waals surface area contributed by atoms with Crippen LogP contribution in [0.2, 0.25) is 0 Å². The normalized spacial score (nSPS) is 14.5. The summed E-state index contributed by atoms with van der Waals surface area (Å²) in [5.41, 5.74) is 1.16. The molecule has 1 aromatic rings. The lowest BCUT2D eigenvalue weighted by molar-refractivity contribution is 0.0879. The van der Waals surface area contributed by atoms with Crippen LogP contribution in [0.3, 0.4) is 0 Å². The van der Waals surface area contributed by atoms with Gasteiger partial charge in [0.05, 0.1) is 16.9 Å². The minimum atomic E-state index is -3.33. The molecule has 0 radical (unpaired) electrons. The van der Waals surface area contributed by atoms with Crippen LogP contribution in [-0.2, 0) is 16.4 Å². The van der Waals surface area contributed by atoms with Crippen LogP contribution in [0, 0.1) is 0 Å². The van der Waals surface area contributed by atoms with Crippen LogP contribution >= 0.6 is 0 Å². The van der Waals surface area contributed by atoms with E-state index in [0.29, 0.717) is 11.1 Å². The number of carbonyl (C=O) groups excluding carboxylic acids is 2. The highest BCUT2D eigenvalue weighted by atomic mass is 32.2. The summed E-state index contributed by atoms with van der Waals surface area (Å²) in [5.74, 6) is -1.03. The van der Waals surface area contributed by atoms with Gasteiger partial charge < -0.3 is 0 Å². The summed E-state index contributed by atoms with van der Waals surface area (Å²) in [6.07, 6.45) is 0.188. The van der Waals surface area contributed by atoms with Gasteiger partial charge in [-0.2, -0.15) is 0 Å². The van der Waals surface area contributed by atoms with E-state index >= 15 is 0 Å². The van der Waals surface area contributed by atoms with Gasteiger partial charge in [0.15, 0.2) is 0 Å². The van der Waals surface area contributed by atoms with E-state index in [4.69, 9.17) is 0 Å². The van der Waals surface area contributed by atoms with Gasteiger partial charge in [0, 0.05) is 0 Å². The van der Waals surface area contributed by atoms with Gasteiger partial charge in [0.1, 0.15) is 0 Å². The highest BCUT2D eigenvalue weighted by Crippen LogP contribution is 2.20. The Morgan fingerprint density at radius 2 is 1.94 bits per heavy atom. The van der Waals surface area contributed by atoms with E-state index in [1.165, 1.54) is 7.05 Å². The number of carbonyl (C=O) groups is 2. The molecule has 7 heteroatoms. The number of amides is 2. The topological polar surface area (TPSA) is 92.3 Å². The summed E-state index contributed by atoms with van der Waals surface area (Å²) in [4.78, 5) is 23.0. The smallest absolute Gasteiger partial charge is 0.259 e. The van der Waals surface area contributed by atoms with Crippen molar-refractivity contribution in [2.24, 2.45) is 0 Å². The Balaban J connectivity index is 2.32. The van der Waals surface area contributed by atoms with Gasteiger partial charge in [-0.25, -0.2) is 13.1 Å². The summed E-state index contributed by atoms with van der Waals surface area (Å²) < 4.78 is 24.9. The molecular weight excluding hydrogens is 256 g/mol. The molecule has 0 aromatic heterocycles. The molecule has 2 rings (SSSR count). The van der Waals surface area contributed by atoms with Crippen molar-refractivity contribution >= 4 is 21.8 Å². The number of hydrogen-bond acceptors (Lipinski definition) is 4. The average molecular weight is 268 g/mol. The summed E-state index contributed by atoms with van der Waals surface area (Å²) in [6.45, 7) is 0. The summed E-state index contributed by atoms with van der Waals surface area (Å²) in [5, 5.41) is 2.19. The van der Waals surface area contributed by atoms with Gasteiger partial charge >= 0.3 is 0 Å². The molecule has 0 aliphatic carbocycles. The van der Waals surface area contributed by atoms with Gasteiger partial charge in [-0.1, -0.05) is 12.1 Å². The molecule has 6 nitrogen and oxygen atoms in total. The molecule has 2 N–H and O–H groups in total. The maximum absolute atomic E-state index is 11.6. The Hall–Kier alpha value is -1.73. The van der Waals surface area contributed by atoms with Gasteiger partial charge in [-0.15, -0.1) is 0 Å². The first-order valence-corrected chi connectivity index (χ1v) is 6.98. The predicted molar refractivity (Wildman–Crippen MR) is 64.8 cm³/mol. The Labute approximate surface area is 104 Å². The number of imide groups is 1. The lowest BCUT2D eigenvalue weighted by Gasteiger charge is -2.06. The van der Waals surface area contributed by atoms with Crippen molar-refractivity contribution in [1.82, 2.24) is 10.0 Å². The standard InChI is InChI=1S/C11H12N2O4S/c1-12-18(16,17)6-5-7-3-2-4-8-9(7)11(15)13-10(8)14/h2-4,12H,5-6H2,1H3,(H,13,14,15). The molecule has 1 aromatic carbocycles. The SMILES string of the molecule is CNS(=O)(=O)CCc1cccc2c1C(=O)NC2=O. The predicted octanol–water partition coefficient (Wildman–Crippen LogP) is -0.338. The zero-order valence-corrected chi connectivity index (χ0v) is 10.5. The molecule has 1 heterocycles. The maximum atomic E-state index is 11.6. The van der Waals surface area contributed by atoms with Crippen molar-refractivity contribution in [2.75, 3.05) is 12.8 Å². The quantitative estimate of drug-likeness (QED) is 0.731. The maximum Gasteiger partial charge on any atom is 0.259 e. The van der Waals surface area contributed by atoms with Crippen molar-refractivity contribution in [1.29, 1.82) is 0 Å². The molecule has 2 amide bonds. The zero-order valence-electron chi connectivity index (χ0n) is 9.69. The average Bonchev–Trinajstić information content (AvgIpc) is 2.63. The van der Waals surface area contributed by atoms with E-state index < -0.39 is 21.8 Å². The molecule has 0 spiro atoms. The van der Waals surface area contributed by atoms with Crippen LogP contribution in [0.1, 0.15) is 26.3 Å². The molecular formula is C11H12N2O4S. The van der Waals surface area contributed by atoms with E-state index in [1.807, 2.05) is 0 Å². The minimum absolute atomic E-state index is 0.124. The lowest BCUT2D eigenvalue weighted by atomic mass is 10.0. The van der Waals surface area contributed by atoms with Crippen LogP contribution < -0.4 is 10.0 Å². The number of nitrogens with one attached hydrogen (secondary N) is 2. The van der Waals surface area contributed by atoms with Crippen molar-refractivity contribution < 1.29 is 18.0 Å². The monoisotopic (exact) mass is 268 g/mol. The molecule has 0 atom stereocenters. The second-order valence-electron chi connectivity index (χ2n) is 3.90. The fourth-order valence-electron chi connectivity index (χ4n) is 1.85. The number of rotatable bonds is 4. The third-order valence-corrected chi connectivity index (χ3v) is 4.16. The Kier molecular flexibility index (Phi) is 3.18. The highest BCUT2D eigenvalue weighted by Gasteiger charge is 2.29. The molecule has 96 valence electrons. The fraction of sp³-hybridized carbons (Fsp3) is 0.273. The second-order valence-corrected chi connectivity index (χ2v) is 5.94. The molecule has 0 unspecified atom stereocenters. The van der Waals surface area contributed by atoms with E-state index in [1.54, 1.807) is 18.2 Å². The van der Waals surface area contributed by atoms with Gasteiger partial charge in [0.2, 0.25) is 10.0 Å². The van der Waals surface area contributed by atoms with E-state index in [9.17, 15) is 18.0 Å². The Bertz CT molecular complexity index is 622. The Morgan fingerprint density at radius 3 is 2.61 bits per heavy atom. The van der Waals surface area contributed by atoms with E-state index in [0.717, 1.165) is 0 Å². The first-order valence-electron chi connectivity index (χ1n) is 5.33. The molecule has 1 aliphatic rings.